The SMILES string of the molecule is CCCCCCCCCc1ccc(O)c(OCCOCCOCCOCCOCCOCCOCCOCc2ccccc2)c1. The summed E-state index contributed by atoms with van der Waals surface area (Å²) in [5.41, 5.74) is 2.36. The Morgan fingerprint density at radius 1 is 0.467 bits per heavy atom. The monoisotopic (exact) mass is 634 g/mol. The lowest BCUT2D eigenvalue weighted by Gasteiger charge is -2.11. The zero-order valence-electron chi connectivity index (χ0n) is 27.6. The Morgan fingerprint density at radius 2 is 0.933 bits per heavy atom. The Bertz CT molecular complexity index is 913. The van der Waals surface area contributed by atoms with E-state index in [0.717, 1.165) is 12.0 Å². The number of phenolic OH excluding ortho intramolecular Hbond substituents is 1. The summed E-state index contributed by atoms with van der Waals surface area (Å²) in [4.78, 5) is 0. The lowest BCUT2D eigenvalue weighted by molar-refractivity contribution is -0.0218. The molecule has 0 aromatic heterocycles. The van der Waals surface area contributed by atoms with E-state index in [4.69, 9.17) is 37.9 Å². The van der Waals surface area contributed by atoms with Gasteiger partial charge in [-0.3, -0.25) is 0 Å². The summed E-state index contributed by atoms with van der Waals surface area (Å²) < 4.78 is 44.4. The highest BCUT2D eigenvalue weighted by atomic mass is 16.6. The number of aryl methyl sites for hydroxylation is 1. The summed E-state index contributed by atoms with van der Waals surface area (Å²) in [6, 6.07) is 15.7. The van der Waals surface area contributed by atoms with Crippen molar-refractivity contribution in [2.75, 3.05) is 92.5 Å². The van der Waals surface area contributed by atoms with E-state index >= 15 is 0 Å². The summed E-state index contributed by atoms with van der Waals surface area (Å²) in [6.07, 6.45) is 10.0. The Balaban J connectivity index is 1.27. The molecule has 0 aliphatic rings. The first kappa shape index (κ1) is 38.9. The smallest absolute Gasteiger partial charge is 0.161 e. The standard InChI is InChI=1S/C36H58O9/c1-2-3-4-5-6-7-9-12-33-15-16-35(37)36(31-33)45-30-29-43-26-25-41-22-21-39-18-17-38-19-20-40-23-24-42-27-28-44-32-34-13-10-8-11-14-34/h8,10-11,13-16,31,37H,2-7,9,12,17-30,32H2,1H3. The van der Waals surface area contributed by atoms with Gasteiger partial charge in [0.15, 0.2) is 11.5 Å². The number of unbranched alkanes of at least 4 members (excludes halogenated alkanes) is 6. The van der Waals surface area contributed by atoms with Crippen molar-refractivity contribution in [2.45, 2.75) is 64.9 Å². The lowest BCUT2D eigenvalue weighted by atomic mass is 10.0. The van der Waals surface area contributed by atoms with Crippen LogP contribution in [0.25, 0.3) is 0 Å². The number of hydrogen-bond donors (Lipinski definition) is 1. The van der Waals surface area contributed by atoms with Crippen LogP contribution in [-0.2, 0) is 46.2 Å². The molecule has 0 bridgehead atoms. The summed E-state index contributed by atoms with van der Waals surface area (Å²) >= 11 is 0. The van der Waals surface area contributed by atoms with Gasteiger partial charge in [0, 0.05) is 0 Å². The minimum Gasteiger partial charge on any atom is -0.504 e. The van der Waals surface area contributed by atoms with Crippen molar-refractivity contribution in [3.05, 3.63) is 59.7 Å². The van der Waals surface area contributed by atoms with Gasteiger partial charge in [-0.25, -0.2) is 0 Å². The molecule has 0 fully saturated rings. The fraction of sp³-hybridized carbons (Fsp3) is 0.667. The Hall–Kier alpha value is -2.24. The van der Waals surface area contributed by atoms with Gasteiger partial charge in [0.1, 0.15) is 6.61 Å². The van der Waals surface area contributed by atoms with E-state index in [-0.39, 0.29) is 5.75 Å². The van der Waals surface area contributed by atoms with Crippen molar-refractivity contribution in [1.29, 1.82) is 0 Å². The van der Waals surface area contributed by atoms with E-state index in [2.05, 4.69) is 6.92 Å². The topological polar surface area (TPSA) is 94.1 Å². The minimum atomic E-state index is 0.165. The Morgan fingerprint density at radius 3 is 1.47 bits per heavy atom. The molecule has 0 heterocycles. The number of benzene rings is 2. The number of ether oxygens (including phenoxy) is 8. The molecule has 0 amide bonds. The molecule has 2 aromatic carbocycles. The number of hydrogen-bond acceptors (Lipinski definition) is 9. The van der Waals surface area contributed by atoms with Crippen LogP contribution in [0.1, 0.15) is 63.0 Å². The maximum atomic E-state index is 10.1. The van der Waals surface area contributed by atoms with Gasteiger partial charge in [0.2, 0.25) is 0 Å². The van der Waals surface area contributed by atoms with Crippen molar-refractivity contribution in [2.24, 2.45) is 0 Å². The van der Waals surface area contributed by atoms with E-state index in [0.29, 0.717) is 105 Å². The maximum Gasteiger partial charge on any atom is 0.161 e. The van der Waals surface area contributed by atoms with E-state index in [1.807, 2.05) is 42.5 Å². The molecule has 2 aromatic rings. The van der Waals surface area contributed by atoms with Crippen LogP contribution in [0.4, 0.5) is 0 Å². The summed E-state index contributed by atoms with van der Waals surface area (Å²) in [5, 5.41) is 10.1. The van der Waals surface area contributed by atoms with Gasteiger partial charge in [0.05, 0.1) is 92.5 Å². The molecule has 256 valence electrons. The van der Waals surface area contributed by atoms with Crippen molar-refractivity contribution < 1.29 is 43.0 Å². The first-order valence-electron chi connectivity index (χ1n) is 16.8. The number of rotatable bonds is 32. The molecular formula is C36H58O9. The second-order valence-corrected chi connectivity index (χ2v) is 10.7. The quantitative estimate of drug-likeness (QED) is 0.0921. The zero-order valence-corrected chi connectivity index (χ0v) is 27.6. The van der Waals surface area contributed by atoms with Gasteiger partial charge in [-0.1, -0.05) is 81.8 Å². The third-order valence-corrected chi connectivity index (χ3v) is 6.92. The van der Waals surface area contributed by atoms with E-state index in [1.165, 1.54) is 50.5 Å². The second kappa shape index (κ2) is 29.2. The Kier molecular flexibility index (Phi) is 25.3. The minimum absolute atomic E-state index is 0.165. The van der Waals surface area contributed by atoms with Crippen molar-refractivity contribution in [3.63, 3.8) is 0 Å². The fourth-order valence-corrected chi connectivity index (χ4v) is 4.41. The van der Waals surface area contributed by atoms with Gasteiger partial charge in [-0.2, -0.15) is 0 Å². The van der Waals surface area contributed by atoms with E-state index in [1.54, 1.807) is 6.07 Å². The van der Waals surface area contributed by atoms with Gasteiger partial charge in [-0.05, 0) is 36.1 Å². The molecule has 0 spiro atoms. The number of aromatic hydroxyl groups is 1. The molecule has 0 saturated carbocycles. The van der Waals surface area contributed by atoms with Crippen LogP contribution in [0, 0.1) is 0 Å². The first-order valence-corrected chi connectivity index (χ1v) is 16.8. The normalized spacial score (nSPS) is 11.3. The molecule has 0 unspecified atom stereocenters. The van der Waals surface area contributed by atoms with Crippen LogP contribution in [0.5, 0.6) is 11.5 Å². The number of phenols is 1. The van der Waals surface area contributed by atoms with Gasteiger partial charge in [0.25, 0.3) is 0 Å². The highest BCUT2D eigenvalue weighted by Gasteiger charge is 2.05. The third-order valence-electron chi connectivity index (χ3n) is 6.92. The predicted octanol–water partition coefficient (Wildman–Crippen LogP) is 6.38. The molecule has 1 N–H and O–H groups in total. The molecule has 0 aliphatic heterocycles. The van der Waals surface area contributed by atoms with E-state index < -0.39 is 0 Å². The third kappa shape index (κ3) is 22.8. The van der Waals surface area contributed by atoms with Crippen LogP contribution in [0.2, 0.25) is 0 Å². The summed E-state index contributed by atoms with van der Waals surface area (Å²) in [7, 11) is 0. The highest BCUT2D eigenvalue weighted by molar-refractivity contribution is 5.41. The molecule has 0 saturated heterocycles. The van der Waals surface area contributed by atoms with Crippen LogP contribution < -0.4 is 4.74 Å². The van der Waals surface area contributed by atoms with Crippen molar-refractivity contribution in [3.8, 4) is 11.5 Å². The summed E-state index contributed by atoms with van der Waals surface area (Å²) in [6.45, 7) is 9.87. The fourth-order valence-electron chi connectivity index (χ4n) is 4.41. The summed E-state index contributed by atoms with van der Waals surface area (Å²) in [5.74, 6) is 0.684. The highest BCUT2D eigenvalue weighted by Crippen LogP contribution is 2.27. The Labute approximate surface area is 271 Å². The average Bonchev–Trinajstić information content (AvgIpc) is 3.06. The first-order chi connectivity index (χ1) is 22.3. The molecular weight excluding hydrogens is 576 g/mol. The van der Waals surface area contributed by atoms with Gasteiger partial charge < -0.3 is 43.0 Å². The van der Waals surface area contributed by atoms with E-state index in [9.17, 15) is 5.11 Å². The van der Waals surface area contributed by atoms with Gasteiger partial charge >= 0.3 is 0 Å². The molecule has 0 atom stereocenters. The van der Waals surface area contributed by atoms with Crippen LogP contribution in [-0.4, -0.2) is 97.6 Å². The molecule has 45 heavy (non-hydrogen) atoms. The second-order valence-electron chi connectivity index (χ2n) is 10.7. The molecule has 9 nitrogen and oxygen atoms in total. The maximum absolute atomic E-state index is 10.1. The van der Waals surface area contributed by atoms with Crippen LogP contribution in [0.3, 0.4) is 0 Å². The van der Waals surface area contributed by atoms with Crippen LogP contribution >= 0.6 is 0 Å². The van der Waals surface area contributed by atoms with Crippen molar-refractivity contribution in [1.82, 2.24) is 0 Å². The molecule has 0 aliphatic carbocycles. The molecule has 2 rings (SSSR count). The zero-order chi connectivity index (χ0) is 31.9. The van der Waals surface area contributed by atoms with Gasteiger partial charge in [-0.15, -0.1) is 0 Å². The lowest BCUT2D eigenvalue weighted by Crippen LogP contribution is -2.15. The predicted molar refractivity (Wildman–Crippen MR) is 176 cm³/mol. The van der Waals surface area contributed by atoms with Crippen LogP contribution in [0.15, 0.2) is 48.5 Å². The van der Waals surface area contributed by atoms with Crippen molar-refractivity contribution >= 4 is 0 Å². The molecule has 0 radical (unpaired) electrons. The average molecular weight is 635 g/mol. The largest absolute Gasteiger partial charge is 0.504 e. The molecule has 9 heteroatoms.